The van der Waals surface area contributed by atoms with Gasteiger partial charge in [-0.15, -0.1) is 11.8 Å². The van der Waals surface area contributed by atoms with Crippen molar-refractivity contribution in [1.82, 2.24) is 4.98 Å². The van der Waals surface area contributed by atoms with Crippen LogP contribution < -0.4 is 4.74 Å². The maximum atomic E-state index is 14.8. The highest BCUT2D eigenvalue weighted by atomic mass is 32.2. The highest BCUT2D eigenvalue weighted by Gasteiger charge is 2.21. The summed E-state index contributed by atoms with van der Waals surface area (Å²) >= 11 is 1.000. The Labute approximate surface area is 179 Å². The first-order valence-electron chi connectivity index (χ1n) is 10.1. The molecule has 0 spiro atoms. The van der Waals surface area contributed by atoms with E-state index in [1.54, 1.807) is 38.3 Å². The van der Waals surface area contributed by atoms with Gasteiger partial charge in [-0.05, 0) is 69.4 Å². The predicted molar refractivity (Wildman–Crippen MR) is 114 cm³/mol. The molecule has 0 saturated heterocycles. The molecule has 3 rings (SSSR count). The molecule has 0 amide bonds. The van der Waals surface area contributed by atoms with Gasteiger partial charge >= 0.3 is 5.97 Å². The Morgan fingerprint density at radius 2 is 2.00 bits per heavy atom. The molecular weight excluding hydrogens is 408 g/mol. The van der Waals surface area contributed by atoms with Gasteiger partial charge in [0.05, 0.1) is 11.5 Å². The van der Waals surface area contributed by atoms with Crippen molar-refractivity contribution in [1.29, 1.82) is 0 Å². The summed E-state index contributed by atoms with van der Waals surface area (Å²) in [4.78, 5) is 15.6. The van der Waals surface area contributed by atoms with E-state index in [2.05, 4.69) is 4.98 Å². The van der Waals surface area contributed by atoms with Crippen molar-refractivity contribution < 1.29 is 23.0 Å². The number of hydrogen-bond acceptors (Lipinski definition) is 5. The predicted octanol–water partition coefficient (Wildman–Crippen LogP) is 5.95. The quantitative estimate of drug-likeness (QED) is 0.293. The minimum Gasteiger partial charge on any atom is -0.474 e. The van der Waals surface area contributed by atoms with E-state index in [9.17, 15) is 13.6 Å². The van der Waals surface area contributed by atoms with Crippen molar-refractivity contribution in [3.63, 3.8) is 0 Å². The number of thioether (sulfide) groups is 1. The van der Waals surface area contributed by atoms with Crippen LogP contribution in [0.15, 0.2) is 47.5 Å². The number of halogens is 2. The fourth-order valence-electron chi connectivity index (χ4n) is 3.33. The molecule has 1 atom stereocenters. The topological polar surface area (TPSA) is 48.4 Å². The number of rotatable bonds is 8. The van der Waals surface area contributed by atoms with Crippen LogP contribution in [-0.4, -0.2) is 28.9 Å². The molecule has 160 valence electrons. The van der Waals surface area contributed by atoms with Crippen LogP contribution in [0.5, 0.6) is 5.88 Å². The Balaban J connectivity index is 1.79. The first-order valence-corrected chi connectivity index (χ1v) is 11.0. The fraction of sp³-hybridized carbons (Fsp3) is 0.391. The molecule has 1 aliphatic rings. The third-order valence-corrected chi connectivity index (χ3v) is 5.91. The third-order valence-electron chi connectivity index (χ3n) is 4.75. The number of pyridine rings is 1. The van der Waals surface area contributed by atoms with Crippen molar-refractivity contribution in [2.75, 3.05) is 6.61 Å². The number of ether oxygens (including phenoxy) is 2. The van der Waals surface area contributed by atoms with Gasteiger partial charge in [0, 0.05) is 23.1 Å². The minimum absolute atomic E-state index is 0.0928. The Kier molecular flexibility index (Phi) is 7.85. The highest BCUT2D eigenvalue weighted by Crippen LogP contribution is 2.36. The lowest BCUT2D eigenvalue weighted by Gasteiger charge is -2.16. The summed E-state index contributed by atoms with van der Waals surface area (Å²) in [5.41, 5.74) is 0.944. The van der Waals surface area contributed by atoms with Crippen LogP contribution in [0, 0.1) is 11.6 Å². The summed E-state index contributed by atoms with van der Waals surface area (Å²) in [5.74, 6) is -1.41. The first kappa shape index (κ1) is 22.3. The normalized spacial score (nSPS) is 15.5. The van der Waals surface area contributed by atoms with Gasteiger partial charge in [0.2, 0.25) is 5.88 Å². The minimum atomic E-state index is -0.665. The van der Waals surface area contributed by atoms with Crippen LogP contribution in [-0.2, 0) is 9.53 Å². The Morgan fingerprint density at radius 1 is 1.30 bits per heavy atom. The van der Waals surface area contributed by atoms with E-state index >= 15 is 0 Å². The van der Waals surface area contributed by atoms with Crippen molar-refractivity contribution in [3.8, 4) is 17.0 Å². The van der Waals surface area contributed by atoms with Crippen LogP contribution in [0.1, 0.15) is 39.5 Å². The van der Waals surface area contributed by atoms with Crippen molar-refractivity contribution in [2.45, 2.75) is 55.8 Å². The molecule has 2 aromatic rings. The van der Waals surface area contributed by atoms with Gasteiger partial charge < -0.3 is 9.47 Å². The van der Waals surface area contributed by atoms with Crippen molar-refractivity contribution in [3.05, 3.63) is 54.2 Å². The molecule has 1 unspecified atom stereocenters. The maximum Gasteiger partial charge on any atom is 0.330 e. The molecule has 0 radical (unpaired) electrons. The van der Waals surface area contributed by atoms with Crippen LogP contribution in [0.2, 0.25) is 0 Å². The summed E-state index contributed by atoms with van der Waals surface area (Å²) in [6.45, 7) is 3.74. The molecule has 30 heavy (non-hydrogen) atoms. The number of benzene rings is 1. The Bertz CT molecular complexity index is 890. The molecule has 1 saturated carbocycles. The second-order valence-corrected chi connectivity index (χ2v) is 8.47. The molecule has 0 bridgehead atoms. The molecule has 4 nitrogen and oxygen atoms in total. The molecule has 1 aromatic heterocycles. The highest BCUT2D eigenvalue weighted by molar-refractivity contribution is 8.00. The van der Waals surface area contributed by atoms with Gasteiger partial charge in [-0.3, -0.25) is 0 Å². The van der Waals surface area contributed by atoms with Crippen LogP contribution in [0.25, 0.3) is 11.1 Å². The van der Waals surface area contributed by atoms with Crippen molar-refractivity contribution in [2.24, 2.45) is 0 Å². The summed E-state index contributed by atoms with van der Waals surface area (Å²) in [7, 11) is 0. The van der Waals surface area contributed by atoms with E-state index in [1.165, 1.54) is 18.2 Å². The SMILES string of the molecule is CCOC(=O)C=CC(C)Sc1c(F)cc(-c2cccnc2OC2CCCC2)cc1F. The summed E-state index contributed by atoms with van der Waals surface area (Å²) < 4.78 is 40.4. The zero-order chi connectivity index (χ0) is 21.5. The Hall–Kier alpha value is -2.41. The van der Waals surface area contributed by atoms with Gasteiger partial charge in [0.25, 0.3) is 0 Å². The lowest BCUT2D eigenvalue weighted by Crippen LogP contribution is -2.12. The number of carbonyl (C=O) groups is 1. The number of aromatic nitrogens is 1. The molecular formula is C23H25F2NO3S. The molecule has 1 heterocycles. The van der Waals surface area contributed by atoms with Crippen LogP contribution in [0.3, 0.4) is 0 Å². The summed E-state index contributed by atoms with van der Waals surface area (Å²) in [6.07, 6.45) is 8.70. The van der Waals surface area contributed by atoms with Gasteiger partial charge in [0.15, 0.2) is 0 Å². The maximum absolute atomic E-state index is 14.8. The van der Waals surface area contributed by atoms with Gasteiger partial charge in [-0.25, -0.2) is 18.6 Å². The van der Waals surface area contributed by atoms with Gasteiger partial charge in [-0.2, -0.15) is 0 Å². The zero-order valence-electron chi connectivity index (χ0n) is 17.1. The average molecular weight is 434 g/mol. The van der Waals surface area contributed by atoms with E-state index < -0.39 is 17.6 Å². The molecule has 1 aliphatic carbocycles. The number of hydrogen-bond donors (Lipinski definition) is 0. The fourth-order valence-corrected chi connectivity index (χ4v) is 4.20. The molecule has 1 fully saturated rings. The third kappa shape index (κ3) is 5.81. The van der Waals surface area contributed by atoms with E-state index in [0.29, 0.717) is 17.0 Å². The van der Waals surface area contributed by atoms with Gasteiger partial charge in [-0.1, -0.05) is 6.08 Å². The molecule has 0 N–H and O–H groups in total. The lowest BCUT2D eigenvalue weighted by molar-refractivity contribution is -0.137. The lowest BCUT2D eigenvalue weighted by atomic mass is 10.1. The zero-order valence-corrected chi connectivity index (χ0v) is 17.9. The van der Waals surface area contributed by atoms with Crippen LogP contribution >= 0.6 is 11.8 Å². The van der Waals surface area contributed by atoms with E-state index in [0.717, 1.165) is 37.4 Å². The van der Waals surface area contributed by atoms with E-state index in [-0.39, 0.29) is 22.9 Å². The van der Waals surface area contributed by atoms with E-state index in [4.69, 9.17) is 9.47 Å². The van der Waals surface area contributed by atoms with Gasteiger partial charge in [0.1, 0.15) is 17.7 Å². The number of nitrogens with zero attached hydrogens (tertiary/aromatic N) is 1. The first-order chi connectivity index (χ1) is 14.5. The number of esters is 1. The number of carbonyl (C=O) groups excluding carboxylic acids is 1. The standard InChI is InChI=1S/C23H25F2NO3S/c1-3-28-21(27)11-10-15(2)30-22-19(24)13-16(14-20(22)25)18-9-6-12-26-23(18)29-17-7-4-5-8-17/h6,9-15,17H,3-5,7-8H2,1-2H3. The molecule has 7 heteroatoms. The second kappa shape index (κ2) is 10.6. The second-order valence-electron chi connectivity index (χ2n) is 7.08. The van der Waals surface area contributed by atoms with E-state index in [1.807, 2.05) is 0 Å². The smallest absolute Gasteiger partial charge is 0.330 e. The Morgan fingerprint density at radius 3 is 2.67 bits per heavy atom. The molecule has 0 aliphatic heterocycles. The van der Waals surface area contributed by atoms with Crippen molar-refractivity contribution >= 4 is 17.7 Å². The average Bonchev–Trinajstić information content (AvgIpc) is 3.23. The molecule has 1 aromatic carbocycles. The summed E-state index contributed by atoms with van der Waals surface area (Å²) in [5, 5.41) is -0.316. The monoisotopic (exact) mass is 433 g/mol. The van der Waals surface area contributed by atoms with Crippen LogP contribution in [0.4, 0.5) is 8.78 Å². The summed E-state index contributed by atoms with van der Waals surface area (Å²) in [6, 6.07) is 6.07. The largest absolute Gasteiger partial charge is 0.474 e.